The van der Waals surface area contributed by atoms with Crippen molar-refractivity contribution in [2.45, 2.75) is 20.0 Å². The monoisotopic (exact) mass is 309 g/mol. The third kappa shape index (κ3) is 4.88. The van der Waals surface area contributed by atoms with Gasteiger partial charge in [0.2, 0.25) is 5.91 Å². The first kappa shape index (κ1) is 16.6. The predicted octanol–water partition coefficient (Wildman–Crippen LogP) is 2.94. The van der Waals surface area contributed by atoms with E-state index in [1.807, 2.05) is 0 Å². The Hall–Kier alpha value is -1.50. The molecule has 4 nitrogen and oxygen atoms in total. The molecule has 0 saturated heterocycles. The van der Waals surface area contributed by atoms with Gasteiger partial charge in [-0.2, -0.15) is 13.2 Å². The topological polar surface area (TPSA) is 54.0 Å². The fraction of sp³-hybridized carbons (Fsp3) is 0.500. The Morgan fingerprint density at radius 1 is 1.40 bits per heavy atom. The number of nitrogens with one attached hydrogen (secondary N) is 2. The molecule has 20 heavy (non-hydrogen) atoms. The molecule has 112 valence electrons. The van der Waals surface area contributed by atoms with Crippen molar-refractivity contribution in [1.82, 2.24) is 10.3 Å². The summed E-state index contributed by atoms with van der Waals surface area (Å²) in [5.74, 6) is -0.0699. The number of nitrogens with zero attached hydrogens (tertiary/aromatic N) is 1. The summed E-state index contributed by atoms with van der Waals surface area (Å²) < 4.78 is 37.2. The number of rotatable bonds is 5. The summed E-state index contributed by atoms with van der Waals surface area (Å²) >= 11 is 5.72. The summed E-state index contributed by atoms with van der Waals surface area (Å²) in [4.78, 5) is 14.9. The molecule has 0 bridgehead atoms. The van der Waals surface area contributed by atoms with Crippen LogP contribution in [0, 0.1) is 5.92 Å². The van der Waals surface area contributed by atoms with Crippen LogP contribution in [-0.4, -0.2) is 24.0 Å². The average Bonchev–Trinajstić information content (AvgIpc) is 2.34. The van der Waals surface area contributed by atoms with Crippen molar-refractivity contribution < 1.29 is 18.0 Å². The van der Waals surface area contributed by atoms with Crippen molar-refractivity contribution >= 4 is 23.3 Å². The van der Waals surface area contributed by atoms with E-state index in [1.165, 1.54) is 0 Å². The molecule has 0 unspecified atom stereocenters. The summed E-state index contributed by atoms with van der Waals surface area (Å²) in [7, 11) is 0. The average molecular weight is 310 g/mol. The standard InChI is InChI=1S/C12H15ClF3N3O/c1-7(2)11(20)18-4-3-17-10-9(13)5-8(6-19-10)12(14,15)16/h5-7H,3-4H2,1-2H3,(H,17,19)(H,18,20). The van der Waals surface area contributed by atoms with Gasteiger partial charge in [-0.15, -0.1) is 0 Å². The molecular weight excluding hydrogens is 295 g/mol. The van der Waals surface area contributed by atoms with E-state index in [0.717, 1.165) is 6.07 Å². The fourth-order valence-electron chi connectivity index (χ4n) is 1.29. The predicted molar refractivity (Wildman–Crippen MR) is 70.6 cm³/mol. The van der Waals surface area contributed by atoms with Gasteiger partial charge in [0.05, 0.1) is 10.6 Å². The second-order valence-corrected chi connectivity index (χ2v) is 4.83. The zero-order chi connectivity index (χ0) is 15.3. The molecule has 8 heteroatoms. The molecule has 1 aromatic heterocycles. The van der Waals surface area contributed by atoms with Crippen LogP contribution in [0.25, 0.3) is 0 Å². The first-order valence-corrected chi connectivity index (χ1v) is 6.34. The molecule has 1 rings (SSSR count). The number of hydrogen-bond donors (Lipinski definition) is 2. The molecule has 0 saturated carbocycles. The number of amides is 1. The van der Waals surface area contributed by atoms with Crippen molar-refractivity contribution in [3.05, 3.63) is 22.8 Å². The van der Waals surface area contributed by atoms with Crippen LogP contribution < -0.4 is 10.6 Å². The molecule has 1 aromatic rings. The summed E-state index contributed by atoms with van der Waals surface area (Å²) in [5.41, 5.74) is -0.902. The molecule has 0 radical (unpaired) electrons. The van der Waals surface area contributed by atoms with Gasteiger partial charge in [-0.05, 0) is 6.07 Å². The molecule has 0 aromatic carbocycles. The fourth-order valence-corrected chi connectivity index (χ4v) is 1.53. The van der Waals surface area contributed by atoms with Gasteiger partial charge in [-0.1, -0.05) is 25.4 Å². The molecule has 0 fully saturated rings. The van der Waals surface area contributed by atoms with Crippen LogP contribution in [0.15, 0.2) is 12.3 Å². The lowest BCUT2D eigenvalue weighted by molar-refractivity contribution is -0.137. The Labute approximate surface area is 119 Å². The number of pyridine rings is 1. The van der Waals surface area contributed by atoms with Crippen molar-refractivity contribution in [3.8, 4) is 0 Å². The third-order valence-corrected chi connectivity index (χ3v) is 2.70. The van der Waals surface area contributed by atoms with E-state index < -0.39 is 11.7 Å². The van der Waals surface area contributed by atoms with Crippen molar-refractivity contribution in [3.63, 3.8) is 0 Å². The van der Waals surface area contributed by atoms with E-state index in [4.69, 9.17) is 11.6 Å². The third-order valence-electron chi connectivity index (χ3n) is 2.41. The van der Waals surface area contributed by atoms with Crippen LogP contribution in [0.1, 0.15) is 19.4 Å². The zero-order valence-electron chi connectivity index (χ0n) is 11.0. The van der Waals surface area contributed by atoms with E-state index >= 15 is 0 Å². The second kappa shape index (κ2) is 6.78. The van der Waals surface area contributed by atoms with Crippen LogP contribution in [0.4, 0.5) is 19.0 Å². The molecule has 0 spiro atoms. The maximum atomic E-state index is 12.4. The Bertz CT molecular complexity index is 478. The minimum atomic E-state index is -4.47. The summed E-state index contributed by atoms with van der Waals surface area (Å²) in [5, 5.41) is 5.30. The highest BCUT2D eigenvalue weighted by molar-refractivity contribution is 6.32. The molecule has 0 aliphatic carbocycles. The maximum Gasteiger partial charge on any atom is 0.417 e. The molecule has 0 atom stereocenters. The lowest BCUT2D eigenvalue weighted by Crippen LogP contribution is -2.32. The van der Waals surface area contributed by atoms with Crippen molar-refractivity contribution in [2.75, 3.05) is 18.4 Å². The number of halogens is 4. The van der Waals surface area contributed by atoms with Crippen LogP contribution in [0.5, 0.6) is 0 Å². The number of alkyl halides is 3. The summed E-state index contributed by atoms with van der Waals surface area (Å²) in [6.07, 6.45) is -3.76. The van der Waals surface area contributed by atoms with E-state index in [1.54, 1.807) is 13.8 Å². The van der Waals surface area contributed by atoms with E-state index in [2.05, 4.69) is 15.6 Å². The molecule has 2 N–H and O–H groups in total. The number of anilines is 1. The Balaban J connectivity index is 2.51. The van der Waals surface area contributed by atoms with Crippen LogP contribution in [-0.2, 0) is 11.0 Å². The maximum absolute atomic E-state index is 12.4. The lowest BCUT2D eigenvalue weighted by Gasteiger charge is -2.11. The van der Waals surface area contributed by atoms with Gasteiger partial charge in [0.1, 0.15) is 5.82 Å². The smallest absolute Gasteiger partial charge is 0.367 e. The quantitative estimate of drug-likeness (QED) is 0.822. The molecule has 1 heterocycles. The first-order chi connectivity index (χ1) is 9.21. The van der Waals surface area contributed by atoms with Crippen LogP contribution >= 0.6 is 11.6 Å². The SMILES string of the molecule is CC(C)C(=O)NCCNc1ncc(C(F)(F)F)cc1Cl. The van der Waals surface area contributed by atoms with E-state index in [0.29, 0.717) is 19.3 Å². The molecule has 0 aliphatic heterocycles. The number of hydrogen-bond acceptors (Lipinski definition) is 3. The van der Waals surface area contributed by atoms with Crippen LogP contribution in [0.3, 0.4) is 0 Å². The first-order valence-electron chi connectivity index (χ1n) is 5.96. The lowest BCUT2D eigenvalue weighted by atomic mass is 10.2. The van der Waals surface area contributed by atoms with Gasteiger partial charge >= 0.3 is 6.18 Å². The Morgan fingerprint density at radius 2 is 2.05 bits per heavy atom. The van der Waals surface area contributed by atoms with Gasteiger partial charge in [-0.3, -0.25) is 4.79 Å². The van der Waals surface area contributed by atoms with Gasteiger partial charge in [0.15, 0.2) is 0 Å². The van der Waals surface area contributed by atoms with E-state index in [9.17, 15) is 18.0 Å². The molecule has 1 amide bonds. The van der Waals surface area contributed by atoms with Gasteiger partial charge in [-0.25, -0.2) is 4.98 Å². The van der Waals surface area contributed by atoms with Crippen molar-refractivity contribution in [2.24, 2.45) is 5.92 Å². The Kier molecular flexibility index (Phi) is 5.62. The minimum Gasteiger partial charge on any atom is -0.367 e. The number of carbonyl (C=O) groups is 1. The van der Waals surface area contributed by atoms with Gasteiger partial charge < -0.3 is 10.6 Å². The number of carbonyl (C=O) groups excluding carboxylic acids is 1. The highest BCUT2D eigenvalue weighted by Gasteiger charge is 2.31. The summed E-state index contributed by atoms with van der Waals surface area (Å²) in [6, 6.07) is 0.809. The van der Waals surface area contributed by atoms with Gasteiger partial charge in [0, 0.05) is 25.2 Å². The highest BCUT2D eigenvalue weighted by atomic mass is 35.5. The van der Waals surface area contributed by atoms with E-state index in [-0.39, 0.29) is 22.7 Å². The largest absolute Gasteiger partial charge is 0.417 e. The second-order valence-electron chi connectivity index (χ2n) is 4.42. The van der Waals surface area contributed by atoms with Crippen LogP contribution in [0.2, 0.25) is 5.02 Å². The minimum absolute atomic E-state index is 0.0988. The molecule has 0 aliphatic rings. The molecular formula is C12H15ClF3N3O. The summed E-state index contributed by atoms with van der Waals surface area (Å²) in [6.45, 7) is 4.17. The zero-order valence-corrected chi connectivity index (χ0v) is 11.8. The normalized spacial score (nSPS) is 11.6. The van der Waals surface area contributed by atoms with Crippen molar-refractivity contribution in [1.29, 1.82) is 0 Å². The number of aromatic nitrogens is 1. The van der Waals surface area contributed by atoms with Gasteiger partial charge in [0.25, 0.3) is 0 Å². The highest BCUT2D eigenvalue weighted by Crippen LogP contribution is 2.32. The Morgan fingerprint density at radius 3 is 2.55 bits per heavy atom.